The predicted molar refractivity (Wildman–Crippen MR) is 53.9 cm³/mol. The third-order valence-corrected chi connectivity index (χ3v) is 1.99. The Balaban J connectivity index is 2.37. The molecule has 0 spiro atoms. The van der Waals surface area contributed by atoms with Crippen LogP contribution in [0.1, 0.15) is 19.0 Å². The second-order valence-electron chi connectivity index (χ2n) is 2.64. The molecule has 0 aliphatic heterocycles. The molecule has 0 aliphatic carbocycles. The van der Waals surface area contributed by atoms with E-state index >= 15 is 0 Å². The molecule has 1 rings (SSSR count). The molecule has 0 saturated heterocycles. The minimum Gasteiger partial charge on any atom is -0.311 e. The lowest BCUT2D eigenvalue weighted by Gasteiger charge is -2.01. The monoisotopic (exact) mass is 228 g/mol. The van der Waals surface area contributed by atoms with Crippen LogP contribution >= 0.6 is 15.9 Å². The highest BCUT2D eigenvalue weighted by Gasteiger charge is 1.92. The second kappa shape index (κ2) is 5.27. The number of halogens is 1. The standard InChI is InChI=1S/C9H13BrN2/c1-2-5-11-7-9-4-3-8(10)6-12-9/h3-4,6,11H,2,5,7H2,1H3. The molecule has 66 valence electrons. The molecule has 0 unspecified atom stereocenters. The van der Waals surface area contributed by atoms with Gasteiger partial charge in [-0.1, -0.05) is 6.92 Å². The van der Waals surface area contributed by atoms with Gasteiger partial charge in [-0.15, -0.1) is 0 Å². The molecule has 12 heavy (non-hydrogen) atoms. The molecular weight excluding hydrogens is 216 g/mol. The van der Waals surface area contributed by atoms with E-state index in [4.69, 9.17) is 0 Å². The zero-order valence-electron chi connectivity index (χ0n) is 7.18. The molecule has 0 atom stereocenters. The molecule has 1 aromatic rings. The average molecular weight is 229 g/mol. The van der Waals surface area contributed by atoms with Crippen LogP contribution in [0.2, 0.25) is 0 Å². The molecule has 0 bridgehead atoms. The van der Waals surface area contributed by atoms with Gasteiger partial charge < -0.3 is 5.32 Å². The fraction of sp³-hybridized carbons (Fsp3) is 0.444. The Kier molecular flexibility index (Phi) is 4.25. The van der Waals surface area contributed by atoms with Gasteiger partial charge in [0.15, 0.2) is 0 Å². The lowest BCUT2D eigenvalue weighted by molar-refractivity contribution is 0.664. The van der Waals surface area contributed by atoms with Crippen molar-refractivity contribution in [2.45, 2.75) is 19.9 Å². The van der Waals surface area contributed by atoms with Crippen LogP contribution in [0.4, 0.5) is 0 Å². The van der Waals surface area contributed by atoms with E-state index in [9.17, 15) is 0 Å². The van der Waals surface area contributed by atoms with Crippen molar-refractivity contribution in [2.24, 2.45) is 0 Å². The molecule has 2 nitrogen and oxygen atoms in total. The number of nitrogens with zero attached hydrogens (tertiary/aromatic N) is 1. The Bertz CT molecular complexity index is 220. The van der Waals surface area contributed by atoms with Crippen LogP contribution in [0, 0.1) is 0 Å². The highest BCUT2D eigenvalue weighted by molar-refractivity contribution is 9.10. The summed E-state index contributed by atoms with van der Waals surface area (Å²) < 4.78 is 1.03. The van der Waals surface area contributed by atoms with Crippen molar-refractivity contribution in [1.29, 1.82) is 0 Å². The van der Waals surface area contributed by atoms with Crippen molar-refractivity contribution in [2.75, 3.05) is 6.54 Å². The number of hydrogen-bond acceptors (Lipinski definition) is 2. The van der Waals surface area contributed by atoms with Gasteiger partial charge in [-0.05, 0) is 41.0 Å². The van der Waals surface area contributed by atoms with Crippen molar-refractivity contribution < 1.29 is 0 Å². The summed E-state index contributed by atoms with van der Waals surface area (Å²) in [6, 6.07) is 4.03. The maximum atomic E-state index is 4.24. The zero-order valence-corrected chi connectivity index (χ0v) is 8.76. The first-order chi connectivity index (χ1) is 5.83. The summed E-state index contributed by atoms with van der Waals surface area (Å²) in [6.07, 6.45) is 2.99. The van der Waals surface area contributed by atoms with Crippen LogP contribution in [0.25, 0.3) is 0 Å². The highest BCUT2D eigenvalue weighted by Crippen LogP contribution is 2.06. The fourth-order valence-electron chi connectivity index (χ4n) is 0.904. The van der Waals surface area contributed by atoms with E-state index in [1.807, 2.05) is 18.3 Å². The highest BCUT2D eigenvalue weighted by atomic mass is 79.9. The zero-order chi connectivity index (χ0) is 8.81. The number of aromatic nitrogens is 1. The first kappa shape index (κ1) is 9.68. The van der Waals surface area contributed by atoms with E-state index in [2.05, 4.69) is 33.2 Å². The van der Waals surface area contributed by atoms with Crippen molar-refractivity contribution in [3.05, 3.63) is 28.5 Å². The van der Waals surface area contributed by atoms with E-state index in [-0.39, 0.29) is 0 Å². The molecule has 0 aromatic carbocycles. The molecular formula is C9H13BrN2. The van der Waals surface area contributed by atoms with Crippen molar-refractivity contribution in [1.82, 2.24) is 10.3 Å². The summed E-state index contributed by atoms with van der Waals surface area (Å²) in [4.78, 5) is 4.24. The van der Waals surface area contributed by atoms with Crippen LogP contribution in [0.5, 0.6) is 0 Å². The van der Waals surface area contributed by atoms with Crippen molar-refractivity contribution >= 4 is 15.9 Å². The minimum atomic E-state index is 0.862. The normalized spacial score (nSPS) is 10.2. The Morgan fingerprint density at radius 1 is 1.50 bits per heavy atom. The molecule has 0 amide bonds. The minimum absolute atomic E-state index is 0.862. The van der Waals surface area contributed by atoms with E-state index < -0.39 is 0 Å². The van der Waals surface area contributed by atoms with E-state index in [1.54, 1.807) is 0 Å². The number of rotatable bonds is 4. The van der Waals surface area contributed by atoms with Crippen LogP contribution < -0.4 is 5.32 Å². The summed E-state index contributed by atoms with van der Waals surface area (Å²) in [5, 5.41) is 3.29. The lowest BCUT2D eigenvalue weighted by atomic mass is 10.3. The smallest absolute Gasteiger partial charge is 0.0542 e. The van der Waals surface area contributed by atoms with Crippen LogP contribution in [-0.2, 0) is 6.54 Å². The number of nitrogens with one attached hydrogen (secondary N) is 1. The van der Waals surface area contributed by atoms with Gasteiger partial charge in [0.1, 0.15) is 0 Å². The molecule has 1 N–H and O–H groups in total. The maximum Gasteiger partial charge on any atom is 0.0542 e. The van der Waals surface area contributed by atoms with Gasteiger partial charge in [0.2, 0.25) is 0 Å². The summed E-state index contributed by atoms with van der Waals surface area (Å²) in [6.45, 7) is 4.07. The predicted octanol–water partition coefficient (Wildman–Crippen LogP) is 2.34. The quantitative estimate of drug-likeness (QED) is 0.801. The van der Waals surface area contributed by atoms with Gasteiger partial charge >= 0.3 is 0 Å². The van der Waals surface area contributed by atoms with Crippen LogP contribution in [0.3, 0.4) is 0 Å². The van der Waals surface area contributed by atoms with Gasteiger partial charge in [0.25, 0.3) is 0 Å². The van der Waals surface area contributed by atoms with Crippen LogP contribution in [0.15, 0.2) is 22.8 Å². The van der Waals surface area contributed by atoms with Gasteiger partial charge in [-0.2, -0.15) is 0 Å². The summed E-state index contributed by atoms with van der Waals surface area (Å²) >= 11 is 3.34. The SMILES string of the molecule is CCCNCc1ccc(Br)cn1. The summed E-state index contributed by atoms with van der Waals surface area (Å²) in [7, 11) is 0. The topological polar surface area (TPSA) is 24.9 Å². The first-order valence-corrected chi connectivity index (χ1v) is 4.93. The molecule has 0 radical (unpaired) electrons. The molecule has 1 aromatic heterocycles. The third kappa shape index (κ3) is 3.32. The Hall–Kier alpha value is -0.410. The van der Waals surface area contributed by atoms with E-state index in [0.717, 1.165) is 29.7 Å². The Morgan fingerprint density at radius 2 is 2.33 bits per heavy atom. The van der Waals surface area contributed by atoms with Gasteiger partial charge in [-0.3, -0.25) is 4.98 Å². The molecule has 0 fully saturated rings. The van der Waals surface area contributed by atoms with E-state index in [1.165, 1.54) is 0 Å². The van der Waals surface area contributed by atoms with Gasteiger partial charge in [0, 0.05) is 17.2 Å². The second-order valence-corrected chi connectivity index (χ2v) is 3.56. The molecule has 1 heterocycles. The fourth-order valence-corrected chi connectivity index (χ4v) is 1.14. The van der Waals surface area contributed by atoms with Gasteiger partial charge in [0.05, 0.1) is 5.69 Å². The third-order valence-electron chi connectivity index (χ3n) is 1.52. The largest absolute Gasteiger partial charge is 0.311 e. The van der Waals surface area contributed by atoms with Gasteiger partial charge in [-0.25, -0.2) is 0 Å². The van der Waals surface area contributed by atoms with E-state index in [0.29, 0.717) is 0 Å². The maximum absolute atomic E-state index is 4.24. The molecule has 3 heteroatoms. The lowest BCUT2D eigenvalue weighted by Crippen LogP contribution is -2.14. The molecule has 0 aliphatic rings. The Morgan fingerprint density at radius 3 is 2.92 bits per heavy atom. The average Bonchev–Trinajstić information content (AvgIpc) is 2.09. The summed E-state index contributed by atoms with van der Waals surface area (Å²) in [5.41, 5.74) is 1.09. The first-order valence-electron chi connectivity index (χ1n) is 4.14. The van der Waals surface area contributed by atoms with Crippen molar-refractivity contribution in [3.8, 4) is 0 Å². The number of hydrogen-bond donors (Lipinski definition) is 1. The summed E-state index contributed by atoms with van der Waals surface area (Å²) in [5.74, 6) is 0. The molecule has 0 saturated carbocycles. The Labute approximate surface area is 81.5 Å². The van der Waals surface area contributed by atoms with Crippen molar-refractivity contribution in [3.63, 3.8) is 0 Å². The van der Waals surface area contributed by atoms with Crippen LogP contribution in [-0.4, -0.2) is 11.5 Å². The number of pyridine rings is 1.